The maximum absolute atomic E-state index is 12.6. The summed E-state index contributed by atoms with van der Waals surface area (Å²) < 4.78 is 0. The number of carbonyl (C=O) groups is 2. The van der Waals surface area contributed by atoms with Crippen LogP contribution in [0.25, 0.3) is 0 Å². The fourth-order valence-corrected chi connectivity index (χ4v) is 3.93. The van der Waals surface area contributed by atoms with Crippen LogP contribution in [0.4, 0.5) is 5.69 Å². The number of piperazine rings is 1. The van der Waals surface area contributed by atoms with Gasteiger partial charge in [0.05, 0.1) is 17.9 Å². The zero-order chi connectivity index (χ0) is 20.1. The van der Waals surface area contributed by atoms with Gasteiger partial charge in [-0.3, -0.25) is 24.6 Å². The minimum Gasteiger partial charge on any atom is -0.340 e. The summed E-state index contributed by atoms with van der Waals surface area (Å²) in [5, 5.41) is 10.7. The molecule has 2 saturated heterocycles. The van der Waals surface area contributed by atoms with E-state index in [0.29, 0.717) is 38.8 Å². The van der Waals surface area contributed by atoms with Crippen LogP contribution in [0.2, 0.25) is 0 Å². The molecule has 0 spiro atoms. The Hall–Kier alpha value is -2.48. The number of likely N-dealkylation sites (tertiary alicyclic amines) is 1. The first-order chi connectivity index (χ1) is 13.4. The number of nitro benzene ring substituents is 1. The number of hydrogen-bond acceptors (Lipinski definition) is 5. The monoisotopic (exact) mass is 388 g/mol. The minimum atomic E-state index is -0.448. The van der Waals surface area contributed by atoms with Crippen molar-refractivity contribution < 1.29 is 14.5 Å². The van der Waals surface area contributed by atoms with E-state index in [2.05, 4.69) is 11.8 Å². The summed E-state index contributed by atoms with van der Waals surface area (Å²) in [5.41, 5.74) is 0.796. The highest BCUT2D eigenvalue weighted by Gasteiger charge is 2.27. The Morgan fingerprint density at radius 3 is 2.32 bits per heavy atom. The van der Waals surface area contributed by atoms with Gasteiger partial charge in [-0.25, -0.2) is 0 Å². The first-order valence-corrected chi connectivity index (χ1v) is 9.97. The molecule has 0 aliphatic carbocycles. The fourth-order valence-electron chi connectivity index (χ4n) is 3.93. The molecule has 0 saturated carbocycles. The quantitative estimate of drug-likeness (QED) is 0.566. The zero-order valence-electron chi connectivity index (χ0n) is 16.4. The van der Waals surface area contributed by atoms with Crippen molar-refractivity contribution in [2.45, 2.75) is 38.6 Å². The summed E-state index contributed by atoms with van der Waals surface area (Å²) in [5.74, 6) is 0.210. The average Bonchev–Trinajstić information content (AvgIpc) is 2.69. The maximum atomic E-state index is 12.6. The van der Waals surface area contributed by atoms with Gasteiger partial charge in [-0.15, -0.1) is 0 Å². The van der Waals surface area contributed by atoms with Crippen LogP contribution in [-0.2, 0) is 16.0 Å². The highest BCUT2D eigenvalue weighted by atomic mass is 16.6. The van der Waals surface area contributed by atoms with Crippen molar-refractivity contribution in [3.8, 4) is 0 Å². The third-order valence-corrected chi connectivity index (χ3v) is 5.71. The number of non-ortho nitro benzene ring substituents is 1. The predicted octanol–water partition coefficient (Wildman–Crippen LogP) is 1.68. The number of carbonyl (C=O) groups excluding carboxylic acids is 2. The summed E-state index contributed by atoms with van der Waals surface area (Å²) in [6, 6.07) is 6.43. The average molecular weight is 388 g/mol. The summed E-state index contributed by atoms with van der Waals surface area (Å²) in [7, 11) is 0. The van der Waals surface area contributed by atoms with Gasteiger partial charge in [0.1, 0.15) is 0 Å². The van der Waals surface area contributed by atoms with E-state index >= 15 is 0 Å². The molecule has 28 heavy (non-hydrogen) atoms. The van der Waals surface area contributed by atoms with Gasteiger partial charge < -0.3 is 9.80 Å². The molecule has 0 radical (unpaired) electrons. The van der Waals surface area contributed by atoms with Gasteiger partial charge in [-0.05, 0) is 31.7 Å². The molecular weight excluding hydrogens is 360 g/mol. The lowest BCUT2D eigenvalue weighted by atomic mass is 10.0. The molecule has 1 unspecified atom stereocenters. The summed E-state index contributed by atoms with van der Waals surface area (Å²) in [6.07, 6.45) is 3.60. The van der Waals surface area contributed by atoms with E-state index < -0.39 is 4.92 Å². The van der Waals surface area contributed by atoms with Gasteiger partial charge in [0.15, 0.2) is 0 Å². The SMILES string of the molecule is CC1CCCCN1C(=O)CN1CCN(C(=O)Cc2ccc([N+](=O)[O-])cc2)CC1. The third-order valence-electron chi connectivity index (χ3n) is 5.71. The van der Waals surface area contributed by atoms with Crippen LogP contribution in [0, 0.1) is 10.1 Å². The van der Waals surface area contributed by atoms with Gasteiger partial charge >= 0.3 is 0 Å². The van der Waals surface area contributed by atoms with Gasteiger partial charge in [0, 0.05) is 50.9 Å². The smallest absolute Gasteiger partial charge is 0.269 e. The molecule has 1 aromatic carbocycles. The van der Waals surface area contributed by atoms with Crippen molar-refractivity contribution in [2.24, 2.45) is 0 Å². The first-order valence-electron chi connectivity index (χ1n) is 9.97. The molecule has 2 fully saturated rings. The van der Waals surface area contributed by atoms with Crippen LogP contribution in [-0.4, -0.2) is 76.7 Å². The molecule has 2 amide bonds. The Bertz CT molecular complexity index is 713. The number of nitrogens with zero attached hydrogens (tertiary/aromatic N) is 4. The highest BCUT2D eigenvalue weighted by molar-refractivity contribution is 5.80. The Balaban J connectivity index is 1.44. The van der Waals surface area contributed by atoms with Crippen LogP contribution < -0.4 is 0 Å². The second-order valence-corrected chi connectivity index (χ2v) is 7.69. The molecule has 2 aliphatic heterocycles. The summed E-state index contributed by atoms with van der Waals surface area (Å²) >= 11 is 0. The van der Waals surface area contributed by atoms with Gasteiger partial charge in [0.25, 0.3) is 5.69 Å². The molecule has 0 N–H and O–H groups in total. The first kappa shape index (κ1) is 20.3. The minimum absolute atomic E-state index is 0.0180. The van der Waals surface area contributed by atoms with Gasteiger partial charge in [0.2, 0.25) is 11.8 Å². The standard InChI is InChI=1S/C20H28N4O4/c1-16-4-2-3-9-23(16)20(26)15-21-10-12-22(13-11-21)19(25)14-17-5-7-18(8-6-17)24(27)28/h5-8,16H,2-4,9-15H2,1H3. The van der Waals surface area contributed by atoms with Crippen LogP contribution in [0.3, 0.4) is 0 Å². The van der Waals surface area contributed by atoms with E-state index in [4.69, 9.17) is 0 Å². The van der Waals surface area contributed by atoms with E-state index in [0.717, 1.165) is 24.9 Å². The normalized spacial score (nSPS) is 20.8. The van der Waals surface area contributed by atoms with E-state index in [1.807, 2.05) is 9.80 Å². The Morgan fingerprint density at radius 2 is 1.71 bits per heavy atom. The molecule has 8 heteroatoms. The predicted molar refractivity (Wildman–Crippen MR) is 105 cm³/mol. The second kappa shape index (κ2) is 9.14. The molecule has 152 valence electrons. The van der Waals surface area contributed by atoms with Crippen LogP contribution in [0.15, 0.2) is 24.3 Å². The molecule has 1 atom stereocenters. The lowest BCUT2D eigenvalue weighted by Gasteiger charge is -2.38. The number of rotatable bonds is 5. The second-order valence-electron chi connectivity index (χ2n) is 7.69. The summed E-state index contributed by atoms with van der Waals surface area (Å²) in [4.78, 5) is 41.3. The van der Waals surface area contributed by atoms with E-state index in [1.54, 1.807) is 12.1 Å². The van der Waals surface area contributed by atoms with Gasteiger partial charge in [-0.2, -0.15) is 0 Å². The number of piperidine rings is 1. The van der Waals surface area contributed by atoms with Crippen molar-refractivity contribution in [3.63, 3.8) is 0 Å². The molecule has 3 rings (SSSR count). The number of benzene rings is 1. The fraction of sp³-hybridized carbons (Fsp3) is 0.600. The highest BCUT2D eigenvalue weighted by Crippen LogP contribution is 2.17. The Labute approximate surface area is 165 Å². The van der Waals surface area contributed by atoms with Crippen molar-refractivity contribution in [1.82, 2.24) is 14.7 Å². The number of nitro groups is 1. The number of hydrogen-bond donors (Lipinski definition) is 0. The molecular formula is C20H28N4O4. The van der Waals surface area contributed by atoms with Crippen molar-refractivity contribution >= 4 is 17.5 Å². The van der Waals surface area contributed by atoms with Crippen LogP contribution in [0.1, 0.15) is 31.7 Å². The van der Waals surface area contributed by atoms with Crippen molar-refractivity contribution in [2.75, 3.05) is 39.3 Å². The maximum Gasteiger partial charge on any atom is 0.269 e. The van der Waals surface area contributed by atoms with E-state index in [1.165, 1.54) is 18.6 Å². The lowest BCUT2D eigenvalue weighted by Crippen LogP contribution is -2.53. The lowest BCUT2D eigenvalue weighted by molar-refractivity contribution is -0.384. The van der Waals surface area contributed by atoms with Gasteiger partial charge in [-0.1, -0.05) is 12.1 Å². The Kier molecular flexibility index (Phi) is 6.61. The van der Waals surface area contributed by atoms with E-state index in [-0.39, 0.29) is 23.9 Å². The molecule has 2 aliphatic rings. The van der Waals surface area contributed by atoms with Crippen molar-refractivity contribution in [3.05, 3.63) is 39.9 Å². The summed E-state index contributed by atoms with van der Waals surface area (Å²) in [6.45, 7) is 6.00. The molecule has 0 bridgehead atoms. The largest absolute Gasteiger partial charge is 0.340 e. The molecule has 8 nitrogen and oxygen atoms in total. The van der Waals surface area contributed by atoms with E-state index in [9.17, 15) is 19.7 Å². The van der Waals surface area contributed by atoms with Crippen LogP contribution >= 0.6 is 0 Å². The van der Waals surface area contributed by atoms with Crippen molar-refractivity contribution in [1.29, 1.82) is 0 Å². The Morgan fingerprint density at radius 1 is 1.04 bits per heavy atom. The third kappa shape index (κ3) is 5.07. The molecule has 2 heterocycles. The number of amides is 2. The molecule has 0 aromatic heterocycles. The zero-order valence-corrected chi connectivity index (χ0v) is 16.4. The van der Waals surface area contributed by atoms with Crippen LogP contribution in [0.5, 0.6) is 0 Å². The molecule has 1 aromatic rings. The topological polar surface area (TPSA) is 87.0 Å².